The van der Waals surface area contributed by atoms with E-state index in [0.717, 1.165) is 16.9 Å². The highest BCUT2D eigenvalue weighted by Crippen LogP contribution is 2.24. The molecule has 1 N–H and O–H groups in total. The van der Waals surface area contributed by atoms with Gasteiger partial charge in [-0.3, -0.25) is 9.78 Å². The van der Waals surface area contributed by atoms with Crippen LogP contribution in [0.1, 0.15) is 25.1 Å². The molecule has 2 rings (SSSR count). The Kier molecular flexibility index (Phi) is 4.60. The number of hydrogen-bond acceptors (Lipinski definition) is 5. The molecule has 2 aromatic heterocycles. The van der Waals surface area contributed by atoms with Crippen LogP contribution < -0.4 is 4.87 Å². The molecule has 8 heteroatoms. The molecule has 0 fully saturated rings. The summed E-state index contributed by atoms with van der Waals surface area (Å²) < 4.78 is 27.0. The van der Waals surface area contributed by atoms with Gasteiger partial charge in [0.1, 0.15) is 0 Å². The Hall–Kier alpha value is -1.51. The lowest BCUT2D eigenvalue weighted by Gasteiger charge is -2.25. The van der Waals surface area contributed by atoms with Gasteiger partial charge in [0.25, 0.3) is 10.0 Å². The highest BCUT2D eigenvalue weighted by Gasteiger charge is 2.30. The average molecular weight is 327 g/mol. The third-order valence-corrected chi connectivity index (χ3v) is 6.57. The highest BCUT2D eigenvalue weighted by molar-refractivity contribution is 7.91. The van der Waals surface area contributed by atoms with Crippen molar-refractivity contribution in [3.63, 3.8) is 0 Å². The van der Waals surface area contributed by atoms with Gasteiger partial charge in [0, 0.05) is 30.7 Å². The van der Waals surface area contributed by atoms with Crippen molar-refractivity contribution in [1.82, 2.24) is 14.3 Å². The molecule has 0 spiro atoms. The maximum absolute atomic E-state index is 12.8. The lowest BCUT2D eigenvalue weighted by Crippen LogP contribution is -2.36. The van der Waals surface area contributed by atoms with Gasteiger partial charge in [0.2, 0.25) is 0 Å². The number of aromatic amines is 1. The van der Waals surface area contributed by atoms with Gasteiger partial charge in [0.15, 0.2) is 4.21 Å². The van der Waals surface area contributed by atoms with Gasteiger partial charge in [-0.25, -0.2) is 8.42 Å². The summed E-state index contributed by atoms with van der Waals surface area (Å²) in [6.07, 6.45) is 3.27. The summed E-state index contributed by atoms with van der Waals surface area (Å²) in [5.41, 5.74) is 1.18. The van der Waals surface area contributed by atoms with Crippen LogP contribution in [0.15, 0.2) is 33.5 Å². The van der Waals surface area contributed by atoms with Crippen LogP contribution in [0, 0.1) is 6.92 Å². The Morgan fingerprint density at radius 2 is 2.14 bits per heavy atom. The van der Waals surface area contributed by atoms with Gasteiger partial charge >= 0.3 is 4.87 Å². The number of H-pyrrole nitrogens is 1. The Morgan fingerprint density at radius 3 is 2.62 bits per heavy atom. The van der Waals surface area contributed by atoms with Crippen LogP contribution in [-0.4, -0.2) is 28.7 Å². The van der Waals surface area contributed by atoms with Crippen molar-refractivity contribution >= 4 is 21.4 Å². The monoisotopic (exact) mass is 327 g/mol. The van der Waals surface area contributed by atoms with Crippen LogP contribution in [-0.2, 0) is 16.6 Å². The van der Waals surface area contributed by atoms with Crippen LogP contribution in [0.4, 0.5) is 0 Å². The SMILES string of the molecule is Cc1[nH]c(=O)sc1S(=O)(=O)N(Cc1cccnc1)C(C)C. The van der Waals surface area contributed by atoms with E-state index in [1.165, 1.54) is 4.31 Å². The second-order valence-electron chi connectivity index (χ2n) is 4.93. The molecular formula is C13H17N3O3S2. The average Bonchev–Trinajstić information content (AvgIpc) is 2.76. The van der Waals surface area contributed by atoms with Crippen LogP contribution in [0.5, 0.6) is 0 Å². The maximum atomic E-state index is 12.8. The molecular weight excluding hydrogens is 310 g/mol. The fourth-order valence-corrected chi connectivity index (χ4v) is 5.00. The zero-order valence-corrected chi connectivity index (χ0v) is 13.7. The quantitative estimate of drug-likeness (QED) is 0.906. The first kappa shape index (κ1) is 15.9. The molecule has 0 aliphatic heterocycles. The van der Waals surface area contributed by atoms with Crippen LogP contribution >= 0.6 is 11.3 Å². The van der Waals surface area contributed by atoms with E-state index in [-0.39, 0.29) is 21.7 Å². The fraction of sp³-hybridized carbons (Fsp3) is 0.385. The second kappa shape index (κ2) is 6.08. The van der Waals surface area contributed by atoms with Crippen LogP contribution in [0.3, 0.4) is 0 Å². The number of sulfonamides is 1. The van der Waals surface area contributed by atoms with Crippen LogP contribution in [0.2, 0.25) is 0 Å². The molecule has 0 unspecified atom stereocenters. The number of thiazole rings is 1. The van der Waals surface area contributed by atoms with E-state index >= 15 is 0 Å². The van der Waals surface area contributed by atoms with Crippen molar-refractivity contribution in [2.75, 3.05) is 0 Å². The Balaban J connectivity index is 2.42. The van der Waals surface area contributed by atoms with Crippen molar-refractivity contribution in [3.8, 4) is 0 Å². The van der Waals surface area contributed by atoms with Gasteiger partial charge in [-0.1, -0.05) is 17.4 Å². The highest BCUT2D eigenvalue weighted by atomic mass is 32.2. The van der Waals surface area contributed by atoms with Gasteiger partial charge in [0.05, 0.1) is 0 Å². The number of aryl methyl sites for hydroxylation is 1. The number of nitrogens with zero attached hydrogens (tertiary/aromatic N) is 2. The van der Waals surface area contributed by atoms with E-state index in [1.54, 1.807) is 39.2 Å². The molecule has 0 aliphatic carbocycles. The Bertz CT molecular complexity index is 763. The zero-order chi connectivity index (χ0) is 15.6. The number of nitrogens with one attached hydrogen (secondary N) is 1. The first-order valence-electron chi connectivity index (χ1n) is 6.43. The number of hydrogen-bond donors (Lipinski definition) is 1. The largest absolute Gasteiger partial charge is 0.315 e. The molecule has 0 atom stereocenters. The smallest absolute Gasteiger partial charge is 0.305 e. The summed E-state index contributed by atoms with van der Waals surface area (Å²) in [4.78, 5) is 17.5. The molecule has 0 saturated carbocycles. The van der Waals surface area contributed by atoms with Gasteiger partial charge in [-0.2, -0.15) is 4.31 Å². The summed E-state index contributed by atoms with van der Waals surface area (Å²) >= 11 is 0.721. The van der Waals surface area contributed by atoms with E-state index in [2.05, 4.69) is 9.97 Å². The molecule has 0 bridgehead atoms. The van der Waals surface area contributed by atoms with Crippen molar-refractivity contribution < 1.29 is 8.42 Å². The van der Waals surface area contributed by atoms with Crippen molar-refractivity contribution in [1.29, 1.82) is 0 Å². The summed E-state index contributed by atoms with van der Waals surface area (Å²) in [5, 5.41) is 0. The molecule has 0 amide bonds. The summed E-state index contributed by atoms with van der Waals surface area (Å²) in [6.45, 7) is 5.42. The number of pyridine rings is 1. The van der Waals surface area contributed by atoms with Crippen molar-refractivity contribution in [2.24, 2.45) is 0 Å². The second-order valence-corrected chi connectivity index (χ2v) is 8.00. The van der Waals surface area contributed by atoms with Crippen molar-refractivity contribution in [2.45, 2.75) is 37.6 Å². The third kappa shape index (κ3) is 3.39. The molecule has 2 heterocycles. The predicted octanol–water partition coefficient (Wildman–Crippen LogP) is 1.74. The first-order valence-corrected chi connectivity index (χ1v) is 8.68. The molecule has 0 saturated heterocycles. The minimum Gasteiger partial charge on any atom is -0.315 e. The number of rotatable bonds is 5. The Morgan fingerprint density at radius 1 is 1.43 bits per heavy atom. The maximum Gasteiger partial charge on any atom is 0.305 e. The molecule has 114 valence electrons. The van der Waals surface area contributed by atoms with Crippen LogP contribution in [0.25, 0.3) is 0 Å². The molecule has 0 aromatic carbocycles. The van der Waals surface area contributed by atoms with Gasteiger partial charge < -0.3 is 4.98 Å². The van der Waals surface area contributed by atoms with E-state index in [9.17, 15) is 13.2 Å². The topological polar surface area (TPSA) is 83.1 Å². The molecule has 2 aromatic rings. The van der Waals surface area contributed by atoms with Gasteiger partial charge in [-0.05, 0) is 32.4 Å². The minimum atomic E-state index is -3.72. The number of aromatic nitrogens is 2. The molecule has 6 nitrogen and oxygen atoms in total. The lowest BCUT2D eigenvalue weighted by atomic mass is 10.2. The normalized spacial score (nSPS) is 12.2. The predicted molar refractivity (Wildman–Crippen MR) is 81.8 cm³/mol. The lowest BCUT2D eigenvalue weighted by molar-refractivity contribution is 0.348. The summed E-state index contributed by atoms with van der Waals surface area (Å²) in [5.74, 6) is 0. The van der Waals surface area contributed by atoms with E-state index in [4.69, 9.17) is 0 Å². The molecule has 0 radical (unpaired) electrons. The van der Waals surface area contributed by atoms with E-state index in [0.29, 0.717) is 5.69 Å². The zero-order valence-electron chi connectivity index (χ0n) is 12.0. The van der Waals surface area contributed by atoms with E-state index in [1.807, 2.05) is 6.07 Å². The molecule has 0 aliphatic rings. The minimum absolute atomic E-state index is 0.0742. The summed E-state index contributed by atoms with van der Waals surface area (Å²) in [6, 6.07) is 3.36. The van der Waals surface area contributed by atoms with Gasteiger partial charge in [-0.15, -0.1) is 0 Å². The standard InChI is InChI=1S/C13H17N3O3S2/c1-9(2)16(8-11-5-4-6-14-7-11)21(18,19)12-10(3)15-13(17)20-12/h4-7,9H,8H2,1-3H3,(H,15,17). The van der Waals surface area contributed by atoms with E-state index < -0.39 is 10.0 Å². The molecule has 21 heavy (non-hydrogen) atoms. The Labute approximate surface area is 127 Å². The fourth-order valence-electron chi connectivity index (χ4n) is 1.96. The van der Waals surface area contributed by atoms with Crippen molar-refractivity contribution in [3.05, 3.63) is 45.5 Å². The first-order chi connectivity index (χ1) is 9.82. The third-order valence-electron chi connectivity index (χ3n) is 2.96. The summed E-state index contributed by atoms with van der Waals surface area (Å²) in [7, 11) is -3.72.